The van der Waals surface area contributed by atoms with Gasteiger partial charge in [0.05, 0.1) is 18.4 Å². The van der Waals surface area contributed by atoms with E-state index in [-0.39, 0.29) is 26.8 Å². The molecule has 2 amide bonds. The van der Waals surface area contributed by atoms with E-state index in [2.05, 4.69) is 45.2 Å². The molecule has 3 N–H and O–H groups in total. The molecule has 7 nitrogen and oxygen atoms in total. The number of carbonyl (C=O) groups excluding carboxylic acids is 2. The average Bonchev–Trinajstić information content (AvgIpc) is 3.41. The van der Waals surface area contributed by atoms with Gasteiger partial charge in [-0.3, -0.25) is 9.59 Å². The molecule has 3 rings (SSSR count). The number of nitrogens with zero attached hydrogens (tertiary/aromatic N) is 2. The summed E-state index contributed by atoms with van der Waals surface area (Å²) < 4.78 is 27.3. The predicted molar refractivity (Wildman–Crippen MR) is 158 cm³/mol. The Morgan fingerprint density at radius 2 is 1.82 bits per heavy atom. The molecule has 1 aromatic carbocycles. The fourth-order valence-corrected chi connectivity index (χ4v) is 4.06. The zero-order valence-electron chi connectivity index (χ0n) is 23.9. The van der Waals surface area contributed by atoms with Crippen molar-refractivity contribution >= 4 is 11.8 Å². The molecule has 0 saturated carbocycles. The van der Waals surface area contributed by atoms with Crippen LogP contribution < -0.4 is 10.6 Å². The Morgan fingerprint density at radius 1 is 1.15 bits per heavy atom. The summed E-state index contributed by atoms with van der Waals surface area (Å²) in [6, 6.07) is 2.55. The maximum Gasteiger partial charge on any atom is 0.243 e. The van der Waals surface area contributed by atoms with E-state index in [1.54, 1.807) is 0 Å². The van der Waals surface area contributed by atoms with Crippen LogP contribution in [-0.4, -0.2) is 45.8 Å². The molecule has 0 aliphatic carbocycles. The molecule has 0 radical (unpaired) electrons. The summed E-state index contributed by atoms with van der Waals surface area (Å²) in [6.45, 7) is 20.1. The number of aromatic nitrogens is 2. The second kappa shape index (κ2) is 17.9. The van der Waals surface area contributed by atoms with Gasteiger partial charge in [0.1, 0.15) is 23.5 Å². The number of imidazole rings is 1. The third-order valence-electron chi connectivity index (χ3n) is 6.12. The Morgan fingerprint density at radius 3 is 2.44 bits per heavy atom. The highest BCUT2D eigenvalue weighted by molar-refractivity contribution is 5.87. The van der Waals surface area contributed by atoms with Gasteiger partial charge in [-0.25, -0.2) is 13.8 Å². The fraction of sp³-hybridized carbons (Fsp3) is 0.500. The lowest BCUT2D eigenvalue weighted by Gasteiger charge is -2.32. The van der Waals surface area contributed by atoms with E-state index in [0.717, 1.165) is 44.1 Å². The van der Waals surface area contributed by atoms with Crippen molar-refractivity contribution in [2.45, 2.75) is 78.8 Å². The van der Waals surface area contributed by atoms with Crippen molar-refractivity contribution in [3.63, 3.8) is 0 Å². The van der Waals surface area contributed by atoms with E-state index in [9.17, 15) is 18.4 Å². The van der Waals surface area contributed by atoms with Crippen molar-refractivity contribution in [2.75, 3.05) is 13.1 Å². The smallest absolute Gasteiger partial charge is 0.243 e. The number of H-pyrrole nitrogens is 1. The Bertz CT molecular complexity index is 1060. The number of nitrogens with one attached hydrogen (secondary N) is 3. The molecular weight excluding hydrogens is 500 g/mol. The SMILES string of the molecule is C=C.C=C(C[C@H](NC(=O)CCC(C)C)C(=O)NCc1ncc(-c2ccc(F)cc2F)[nH]1)N1CCCCC1.CC.[HH].[HH]. The monoisotopic (exact) mass is 549 g/mol. The summed E-state index contributed by atoms with van der Waals surface area (Å²) in [6.07, 6.45) is 6.21. The molecule has 1 atom stereocenters. The summed E-state index contributed by atoms with van der Waals surface area (Å²) in [7, 11) is 0. The summed E-state index contributed by atoms with van der Waals surface area (Å²) in [5.41, 5.74) is 1.40. The number of piperidine rings is 1. The number of hydrogen-bond donors (Lipinski definition) is 3. The first kappa shape index (κ1) is 33.5. The number of aromatic amines is 1. The number of amides is 2. The average molecular weight is 550 g/mol. The minimum absolute atomic E-state index is 0. The molecule has 0 unspecified atom stereocenters. The van der Waals surface area contributed by atoms with Crippen LogP contribution in [0.25, 0.3) is 11.3 Å². The van der Waals surface area contributed by atoms with Gasteiger partial charge >= 0.3 is 0 Å². The highest BCUT2D eigenvalue weighted by Crippen LogP contribution is 2.22. The molecule has 1 fully saturated rings. The quantitative estimate of drug-likeness (QED) is 0.275. The van der Waals surface area contributed by atoms with Crippen LogP contribution in [0.15, 0.2) is 49.8 Å². The van der Waals surface area contributed by atoms with E-state index >= 15 is 0 Å². The first-order valence-electron chi connectivity index (χ1n) is 13.7. The molecule has 0 bridgehead atoms. The maximum absolute atomic E-state index is 14.1. The van der Waals surface area contributed by atoms with Gasteiger partial charge in [-0.1, -0.05) is 34.3 Å². The molecule has 1 aliphatic rings. The molecule has 1 aliphatic heterocycles. The topological polar surface area (TPSA) is 90.1 Å². The zero-order chi connectivity index (χ0) is 29.4. The largest absolute Gasteiger partial charge is 0.375 e. The summed E-state index contributed by atoms with van der Waals surface area (Å²) in [4.78, 5) is 34.9. The second-order valence-corrected chi connectivity index (χ2v) is 9.46. The maximum atomic E-state index is 14.1. The van der Waals surface area contributed by atoms with Crippen molar-refractivity contribution in [3.8, 4) is 11.3 Å². The second-order valence-electron chi connectivity index (χ2n) is 9.46. The standard InChI is InChI=1S/C26H35F2N5O2.C2H6.C2H4.2H2/c1-17(2)7-10-25(34)32-22(13-18(3)33-11-5-4-6-12-33)26(35)30-16-24-29-15-23(31-24)20-9-8-19(27)14-21(20)28;2*1-2;;/h8-9,14-15,17,22H,3-7,10-13,16H2,1-2H3,(H,29,31)(H,30,35)(H,32,34);1-2H3;1-2H2;2*1H/t22-;;;;/m0..../s1. The van der Waals surface area contributed by atoms with Crippen molar-refractivity contribution in [1.29, 1.82) is 0 Å². The molecule has 220 valence electrons. The molecule has 9 heteroatoms. The van der Waals surface area contributed by atoms with E-state index in [4.69, 9.17) is 0 Å². The molecule has 1 saturated heterocycles. The first-order chi connectivity index (χ1) is 18.7. The number of likely N-dealkylation sites (tertiary alicyclic amines) is 1. The Labute approximate surface area is 235 Å². The molecule has 1 aromatic heterocycles. The van der Waals surface area contributed by atoms with Gasteiger partial charge in [0.15, 0.2) is 0 Å². The molecule has 0 spiro atoms. The number of rotatable bonds is 11. The fourth-order valence-electron chi connectivity index (χ4n) is 4.06. The Balaban J connectivity index is 0. The van der Waals surface area contributed by atoms with Crippen LogP contribution in [0.4, 0.5) is 8.78 Å². The highest BCUT2D eigenvalue weighted by atomic mass is 19.1. The number of carbonyl (C=O) groups is 2. The summed E-state index contributed by atoms with van der Waals surface area (Å²) >= 11 is 0. The van der Waals surface area contributed by atoms with Crippen LogP contribution in [0, 0.1) is 17.6 Å². The van der Waals surface area contributed by atoms with Crippen molar-refractivity contribution in [1.82, 2.24) is 25.5 Å². The normalized spacial score (nSPS) is 13.4. The minimum atomic E-state index is -0.756. The highest BCUT2D eigenvalue weighted by Gasteiger charge is 2.24. The van der Waals surface area contributed by atoms with E-state index < -0.39 is 17.7 Å². The van der Waals surface area contributed by atoms with Gasteiger partial charge in [-0.05, 0) is 43.7 Å². The van der Waals surface area contributed by atoms with Crippen LogP contribution in [0.1, 0.15) is 74.9 Å². The van der Waals surface area contributed by atoms with Gasteiger partial charge in [0.2, 0.25) is 11.8 Å². The van der Waals surface area contributed by atoms with E-state index in [0.29, 0.717) is 30.3 Å². The van der Waals surface area contributed by atoms with E-state index in [1.165, 1.54) is 24.8 Å². The number of benzene rings is 1. The Hall–Kier alpha value is -3.49. The third-order valence-corrected chi connectivity index (χ3v) is 6.12. The lowest BCUT2D eigenvalue weighted by Crippen LogP contribution is -2.48. The number of halogens is 2. The van der Waals surface area contributed by atoms with Crippen molar-refractivity contribution in [2.24, 2.45) is 5.92 Å². The van der Waals surface area contributed by atoms with Gasteiger partial charge in [0, 0.05) is 46.1 Å². The summed E-state index contributed by atoms with van der Waals surface area (Å²) in [5.74, 6) is -1.08. The van der Waals surface area contributed by atoms with Gasteiger partial charge in [0.25, 0.3) is 0 Å². The first-order valence-corrected chi connectivity index (χ1v) is 13.7. The van der Waals surface area contributed by atoms with Crippen LogP contribution in [0.2, 0.25) is 0 Å². The molecule has 39 heavy (non-hydrogen) atoms. The molecule has 2 aromatic rings. The van der Waals surface area contributed by atoms with Gasteiger partial charge in [-0.15, -0.1) is 13.2 Å². The van der Waals surface area contributed by atoms with Gasteiger partial charge < -0.3 is 20.5 Å². The van der Waals surface area contributed by atoms with Crippen LogP contribution in [0.5, 0.6) is 0 Å². The number of hydrogen-bond acceptors (Lipinski definition) is 4. The zero-order valence-corrected chi connectivity index (χ0v) is 23.9. The summed E-state index contributed by atoms with van der Waals surface area (Å²) in [5, 5.41) is 5.67. The van der Waals surface area contributed by atoms with Crippen molar-refractivity contribution in [3.05, 3.63) is 67.3 Å². The van der Waals surface area contributed by atoms with Gasteiger partial charge in [-0.2, -0.15) is 0 Å². The molecular formula is C30H49F2N5O2. The lowest BCUT2D eigenvalue weighted by molar-refractivity contribution is -0.129. The van der Waals surface area contributed by atoms with Crippen LogP contribution in [0.3, 0.4) is 0 Å². The lowest BCUT2D eigenvalue weighted by atomic mass is 10.1. The minimum Gasteiger partial charge on any atom is -0.375 e. The van der Waals surface area contributed by atoms with Crippen LogP contribution in [-0.2, 0) is 16.1 Å². The Kier molecular flexibility index (Phi) is 15.4. The third kappa shape index (κ3) is 11.4. The van der Waals surface area contributed by atoms with Crippen LogP contribution >= 0.6 is 0 Å². The molecule has 2 heterocycles. The predicted octanol–water partition coefficient (Wildman–Crippen LogP) is 6.60. The van der Waals surface area contributed by atoms with Crippen molar-refractivity contribution < 1.29 is 21.2 Å². The van der Waals surface area contributed by atoms with E-state index in [1.807, 2.05) is 27.7 Å².